The van der Waals surface area contributed by atoms with Gasteiger partial charge in [-0.2, -0.15) is 0 Å². The van der Waals surface area contributed by atoms with Gasteiger partial charge in [-0.25, -0.2) is 0 Å². The van der Waals surface area contributed by atoms with Crippen LogP contribution in [0.1, 0.15) is 12.5 Å². The molecule has 5 nitrogen and oxygen atoms in total. The second kappa shape index (κ2) is 6.72. The van der Waals surface area contributed by atoms with Crippen molar-refractivity contribution in [3.05, 3.63) is 23.8 Å². The second-order valence-electron chi connectivity index (χ2n) is 4.92. The molecule has 1 amide bonds. The largest absolute Gasteiger partial charge is 0.380 e. The minimum absolute atomic E-state index is 0.0208. The molecule has 1 saturated heterocycles. The Morgan fingerprint density at radius 2 is 2.10 bits per heavy atom. The molecule has 20 heavy (non-hydrogen) atoms. The Bertz CT molecular complexity index is 470. The van der Waals surface area contributed by atoms with E-state index in [1.165, 1.54) is 0 Å². The smallest absolute Gasteiger partial charge is 0.223 e. The zero-order valence-corrected chi connectivity index (χ0v) is 12.4. The van der Waals surface area contributed by atoms with Gasteiger partial charge in [-0.05, 0) is 18.2 Å². The standard InChI is InChI=1S/C15H22N2O3/c1-12(18)16(2)14-4-5-15(13(10-14)11-19-3)17-6-8-20-9-7-17/h4-5,10H,6-9,11H2,1-3H3. The number of ether oxygens (including phenoxy) is 2. The van der Waals surface area contributed by atoms with E-state index in [9.17, 15) is 4.79 Å². The van der Waals surface area contributed by atoms with Crippen LogP contribution in [0.5, 0.6) is 0 Å². The van der Waals surface area contributed by atoms with Gasteiger partial charge in [0.05, 0.1) is 19.8 Å². The molecule has 0 aromatic heterocycles. The van der Waals surface area contributed by atoms with Gasteiger partial charge in [0.15, 0.2) is 0 Å². The summed E-state index contributed by atoms with van der Waals surface area (Å²) in [6.07, 6.45) is 0. The van der Waals surface area contributed by atoms with Crippen LogP contribution >= 0.6 is 0 Å². The van der Waals surface area contributed by atoms with Crippen LogP contribution in [-0.4, -0.2) is 46.4 Å². The lowest BCUT2D eigenvalue weighted by atomic mass is 10.1. The average molecular weight is 278 g/mol. The van der Waals surface area contributed by atoms with Crippen LogP contribution in [0, 0.1) is 0 Å². The molecular weight excluding hydrogens is 256 g/mol. The minimum atomic E-state index is 0.0208. The van der Waals surface area contributed by atoms with E-state index in [2.05, 4.69) is 11.0 Å². The molecule has 0 N–H and O–H groups in total. The van der Waals surface area contributed by atoms with Gasteiger partial charge in [0, 0.05) is 51.1 Å². The maximum absolute atomic E-state index is 11.5. The number of carbonyl (C=O) groups excluding carboxylic acids is 1. The number of hydrogen-bond acceptors (Lipinski definition) is 4. The van der Waals surface area contributed by atoms with Crippen molar-refractivity contribution in [1.29, 1.82) is 0 Å². The van der Waals surface area contributed by atoms with Crippen LogP contribution in [-0.2, 0) is 20.9 Å². The summed E-state index contributed by atoms with van der Waals surface area (Å²) in [5.41, 5.74) is 3.15. The lowest BCUT2D eigenvalue weighted by Crippen LogP contribution is -2.37. The molecule has 0 bridgehead atoms. The van der Waals surface area contributed by atoms with Crippen molar-refractivity contribution < 1.29 is 14.3 Å². The van der Waals surface area contributed by atoms with Crippen molar-refractivity contribution in [2.75, 3.05) is 50.3 Å². The fourth-order valence-corrected chi connectivity index (χ4v) is 2.35. The van der Waals surface area contributed by atoms with Crippen molar-refractivity contribution in [3.63, 3.8) is 0 Å². The second-order valence-corrected chi connectivity index (χ2v) is 4.92. The first kappa shape index (κ1) is 14.8. The molecule has 0 saturated carbocycles. The first-order valence-corrected chi connectivity index (χ1v) is 6.82. The molecule has 5 heteroatoms. The number of benzene rings is 1. The highest BCUT2D eigenvalue weighted by Gasteiger charge is 2.16. The number of nitrogens with zero attached hydrogens (tertiary/aromatic N) is 2. The molecule has 0 atom stereocenters. The first-order chi connectivity index (χ1) is 9.63. The zero-order chi connectivity index (χ0) is 14.5. The quantitative estimate of drug-likeness (QED) is 0.840. The number of hydrogen-bond donors (Lipinski definition) is 0. The van der Waals surface area contributed by atoms with Crippen molar-refractivity contribution in [2.24, 2.45) is 0 Å². The van der Waals surface area contributed by atoms with Crippen LogP contribution in [0.3, 0.4) is 0 Å². The Balaban J connectivity index is 2.29. The zero-order valence-electron chi connectivity index (χ0n) is 12.4. The van der Waals surface area contributed by atoms with Crippen LogP contribution in [0.15, 0.2) is 18.2 Å². The Morgan fingerprint density at radius 1 is 1.40 bits per heavy atom. The minimum Gasteiger partial charge on any atom is -0.380 e. The van der Waals surface area contributed by atoms with Gasteiger partial charge in [-0.15, -0.1) is 0 Å². The van der Waals surface area contributed by atoms with E-state index in [0.717, 1.165) is 43.2 Å². The van der Waals surface area contributed by atoms with E-state index in [-0.39, 0.29) is 5.91 Å². The molecule has 1 aliphatic heterocycles. The molecule has 0 unspecified atom stereocenters. The highest BCUT2D eigenvalue weighted by atomic mass is 16.5. The summed E-state index contributed by atoms with van der Waals surface area (Å²) in [5, 5.41) is 0. The number of carbonyl (C=O) groups is 1. The molecule has 1 aromatic rings. The van der Waals surface area contributed by atoms with E-state index in [0.29, 0.717) is 6.61 Å². The number of methoxy groups -OCH3 is 1. The SMILES string of the molecule is COCc1cc(N(C)C(C)=O)ccc1N1CCOCC1. The first-order valence-electron chi connectivity index (χ1n) is 6.82. The summed E-state index contributed by atoms with van der Waals surface area (Å²) in [7, 11) is 3.47. The van der Waals surface area contributed by atoms with Crippen molar-refractivity contribution in [3.8, 4) is 0 Å². The molecule has 0 spiro atoms. The molecule has 0 radical (unpaired) electrons. The Kier molecular flexibility index (Phi) is 4.98. The summed E-state index contributed by atoms with van der Waals surface area (Å²) in [6, 6.07) is 6.06. The van der Waals surface area contributed by atoms with Crippen LogP contribution in [0.2, 0.25) is 0 Å². The van der Waals surface area contributed by atoms with Gasteiger partial charge in [0.1, 0.15) is 0 Å². The summed E-state index contributed by atoms with van der Waals surface area (Å²) in [5.74, 6) is 0.0208. The summed E-state index contributed by atoms with van der Waals surface area (Å²) < 4.78 is 10.7. The third kappa shape index (κ3) is 3.29. The highest BCUT2D eigenvalue weighted by molar-refractivity contribution is 5.91. The van der Waals surface area contributed by atoms with Crippen LogP contribution in [0.25, 0.3) is 0 Å². The molecule has 2 rings (SSSR count). The fraction of sp³-hybridized carbons (Fsp3) is 0.533. The van der Waals surface area contributed by atoms with E-state index in [1.54, 1.807) is 26.0 Å². The Labute approximate surface area is 120 Å². The van der Waals surface area contributed by atoms with Crippen LogP contribution in [0.4, 0.5) is 11.4 Å². The summed E-state index contributed by atoms with van der Waals surface area (Å²) in [6.45, 7) is 5.37. The van der Waals surface area contributed by atoms with E-state index in [4.69, 9.17) is 9.47 Å². The molecule has 1 fully saturated rings. The fourth-order valence-electron chi connectivity index (χ4n) is 2.35. The Hall–Kier alpha value is -1.59. The number of amides is 1. The molecule has 1 aliphatic rings. The molecule has 110 valence electrons. The monoisotopic (exact) mass is 278 g/mol. The molecule has 1 aromatic carbocycles. The number of rotatable bonds is 4. The third-order valence-electron chi connectivity index (χ3n) is 3.57. The van der Waals surface area contributed by atoms with Crippen molar-refractivity contribution in [2.45, 2.75) is 13.5 Å². The number of morpholine rings is 1. The maximum Gasteiger partial charge on any atom is 0.223 e. The molecule has 0 aliphatic carbocycles. The van der Waals surface area contributed by atoms with Gasteiger partial charge in [-0.3, -0.25) is 4.79 Å². The predicted molar refractivity (Wildman–Crippen MR) is 79.3 cm³/mol. The van der Waals surface area contributed by atoms with Crippen molar-refractivity contribution >= 4 is 17.3 Å². The van der Waals surface area contributed by atoms with Gasteiger partial charge < -0.3 is 19.3 Å². The van der Waals surface area contributed by atoms with Gasteiger partial charge in [0.2, 0.25) is 5.91 Å². The van der Waals surface area contributed by atoms with E-state index >= 15 is 0 Å². The maximum atomic E-state index is 11.5. The predicted octanol–water partition coefficient (Wildman–Crippen LogP) is 1.65. The summed E-state index contributed by atoms with van der Waals surface area (Å²) in [4.78, 5) is 15.4. The van der Waals surface area contributed by atoms with Crippen LogP contribution < -0.4 is 9.80 Å². The van der Waals surface area contributed by atoms with Gasteiger partial charge in [0.25, 0.3) is 0 Å². The van der Waals surface area contributed by atoms with E-state index < -0.39 is 0 Å². The molecule has 1 heterocycles. The Morgan fingerprint density at radius 3 is 2.70 bits per heavy atom. The highest BCUT2D eigenvalue weighted by Crippen LogP contribution is 2.27. The topological polar surface area (TPSA) is 42.0 Å². The van der Waals surface area contributed by atoms with Gasteiger partial charge in [-0.1, -0.05) is 0 Å². The normalized spacial score (nSPS) is 15.2. The average Bonchev–Trinajstić information content (AvgIpc) is 2.47. The molecular formula is C15H22N2O3. The van der Waals surface area contributed by atoms with Crippen molar-refractivity contribution in [1.82, 2.24) is 0 Å². The number of anilines is 2. The van der Waals surface area contributed by atoms with E-state index in [1.807, 2.05) is 12.1 Å². The third-order valence-corrected chi connectivity index (χ3v) is 3.57. The lowest BCUT2D eigenvalue weighted by molar-refractivity contribution is -0.116. The lowest BCUT2D eigenvalue weighted by Gasteiger charge is -2.31. The van der Waals surface area contributed by atoms with Gasteiger partial charge >= 0.3 is 0 Å². The summed E-state index contributed by atoms with van der Waals surface area (Å²) >= 11 is 0.